The van der Waals surface area contributed by atoms with Crippen molar-refractivity contribution in [3.8, 4) is 11.1 Å². The summed E-state index contributed by atoms with van der Waals surface area (Å²) in [4.78, 5) is 0. The van der Waals surface area contributed by atoms with Crippen molar-refractivity contribution in [3.05, 3.63) is 34.0 Å². The van der Waals surface area contributed by atoms with Gasteiger partial charge in [0.05, 0.1) is 15.6 Å². The number of hydrogen-bond donors (Lipinski definition) is 1. The maximum absolute atomic E-state index is 6.14. The van der Waals surface area contributed by atoms with Crippen LogP contribution < -0.4 is 5.73 Å². The minimum Gasteiger partial charge on any atom is -0.380 e. The molecule has 1 aliphatic rings. The van der Waals surface area contributed by atoms with Crippen molar-refractivity contribution in [2.75, 3.05) is 5.73 Å². The molecule has 1 aromatic carbocycles. The smallest absolute Gasteiger partial charge is 0.175 e. The van der Waals surface area contributed by atoms with Crippen LogP contribution in [0.15, 0.2) is 22.7 Å². The normalized spacial score (nSPS) is 17.3. The molecule has 2 N–H and O–H groups in total. The van der Waals surface area contributed by atoms with Crippen molar-refractivity contribution in [2.45, 2.75) is 44.4 Å². The van der Waals surface area contributed by atoms with Crippen LogP contribution >= 0.6 is 23.2 Å². The highest BCUT2D eigenvalue weighted by atomic mass is 35.5. The van der Waals surface area contributed by atoms with Gasteiger partial charge in [0, 0.05) is 5.41 Å². The van der Waals surface area contributed by atoms with Gasteiger partial charge in [-0.1, -0.05) is 54.2 Å². The highest BCUT2D eigenvalue weighted by Crippen LogP contribution is 2.48. The van der Waals surface area contributed by atoms with Crippen molar-refractivity contribution in [1.29, 1.82) is 0 Å². The van der Waals surface area contributed by atoms with Gasteiger partial charge in [0.15, 0.2) is 11.6 Å². The van der Waals surface area contributed by atoms with Crippen molar-refractivity contribution in [1.82, 2.24) is 5.16 Å². The number of anilines is 1. The lowest BCUT2D eigenvalue weighted by molar-refractivity contribution is 0.284. The molecule has 0 amide bonds. The Kier molecular flexibility index (Phi) is 3.89. The lowest BCUT2D eigenvalue weighted by Crippen LogP contribution is -2.21. The van der Waals surface area contributed by atoms with E-state index in [2.05, 4.69) is 12.1 Å². The van der Waals surface area contributed by atoms with E-state index in [0.717, 1.165) is 36.1 Å². The monoisotopic (exact) mass is 324 g/mol. The second-order valence-electron chi connectivity index (χ2n) is 5.74. The summed E-state index contributed by atoms with van der Waals surface area (Å²) in [7, 11) is 0. The first-order chi connectivity index (χ1) is 10.1. The Bertz CT molecular complexity index is 660. The molecular weight excluding hydrogens is 307 g/mol. The van der Waals surface area contributed by atoms with Crippen LogP contribution in [0.3, 0.4) is 0 Å². The maximum atomic E-state index is 6.14. The number of nitrogens with two attached hydrogens (primary N) is 1. The number of rotatable bonds is 3. The first-order valence-electron chi connectivity index (χ1n) is 7.28. The molecule has 21 heavy (non-hydrogen) atoms. The van der Waals surface area contributed by atoms with E-state index in [-0.39, 0.29) is 5.41 Å². The largest absolute Gasteiger partial charge is 0.380 e. The Balaban J connectivity index is 2.14. The van der Waals surface area contributed by atoms with E-state index in [1.165, 1.54) is 12.8 Å². The minimum absolute atomic E-state index is 0.0477. The van der Waals surface area contributed by atoms with Gasteiger partial charge in [0.25, 0.3) is 0 Å². The molecule has 112 valence electrons. The highest BCUT2D eigenvalue weighted by molar-refractivity contribution is 6.42. The molecule has 1 saturated carbocycles. The number of hydrogen-bond acceptors (Lipinski definition) is 3. The summed E-state index contributed by atoms with van der Waals surface area (Å²) in [5.41, 5.74) is 7.90. The standard InChI is InChI=1S/C16H18Cl2N2O/c1-2-16(7-3-4-8-16)14-13(15(19)20-21-14)10-5-6-11(17)12(18)9-10/h5-6,9H,2-4,7-8H2,1H3,(H2,19,20). The zero-order valence-electron chi connectivity index (χ0n) is 12.0. The molecule has 1 fully saturated rings. The minimum atomic E-state index is 0.0477. The molecule has 1 aliphatic carbocycles. The third kappa shape index (κ3) is 2.43. The van der Waals surface area contributed by atoms with Gasteiger partial charge in [-0.3, -0.25) is 0 Å². The van der Waals surface area contributed by atoms with Crippen LogP contribution in [0, 0.1) is 0 Å². The molecule has 2 aromatic rings. The predicted molar refractivity (Wildman–Crippen MR) is 86.8 cm³/mol. The summed E-state index contributed by atoms with van der Waals surface area (Å²) < 4.78 is 5.65. The number of nitrogen functional groups attached to an aromatic ring is 1. The van der Waals surface area contributed by atoms with Gasteiger partial charge < -0.3 is 10.3 Å². The topological polar surface area (TPSA) is 52.0 Å². The number of benzene rings is 1. The summed E-state index contributed by atoms with van der Waals surface area (Å²) in [6.45, 7) is 2.20. The van der Waals surface area contributed by atoms with Gasteiger partial charge in [0.2, 0.25) is 0 Å². The predicted octanol–water partition coefficient (Wildman–Crippen LogP) is 5.45. The lowest BCUT2D eigenvalue weighted by atomic mass is 9.78. The van der Waals surface area contributed by atoms with Crippen LogP contribution in [0.1, 0.15) is 44.8 Å². The number of nitrogens with zero attached hydrogens (tertiary/aromatic N) is 1. The van der Waals surface area contributed by atoms with Crippen LogP contribution in [0.5, 0.6) is 0 Å². The molecule has 0 unspecified atom stereocenters. The Morgan fingerprint density at radius 1 is 1.24 bits per heavy atom. The second kappa shape index (κ2) is 5.54. The molecule has 1 aromatic heterocycles. The zero-order valence-corrected chi connectivity index (χ0v) is 13.5. The molecular formula is C16H18Cl2N2O. The van der Waals surface area contributed by atoms with E-state index >= 15 is 0 Å². The molecule has 0 saturated heterocycles. The molecule has 1 heterocycles. The maximum Gasteiger partial charge on any atom is 0.175 e. The van der Waals surface area contributed by atoms with Gasteiger partial charge in [0.1, 0.15) is 0 Å². The fourth-order valence-electron chi connectivity index (χ4n) is 3.39. The third-order valence-corrected chi connectivity index (χ3v) is 5.38. The van der Waals surface area contributed by atoms with Crippen LogP contribution in [-0.2, 0) is 5.41 Å². The molecule has 0 bridgehead atoms. The lowest BCUT2D eigenvalue weighted by Gasteiger charge is -2.25. The highest BCUT2D eigenvalue weighted by Gasteiger charge is 2.40. The van der Waals surface area contributed by atoms with Crippen molar-refractivity contribution >= 4 is 29.0 Å². The molecule has 0 radical (unpaired) electrons. The van der Waals surface area contributed by atoms with E-state index in [9.17, 15) is 0 Å². The average molecular weight is 325 g/mol. The summed E-state index contributed by atoms with van der Waals surface area (Å²) in [6.07, 6.45) is 5.69. The van der Waals surface area contributed by atoms with E-state index in [1.807, 2.05) is 12.1 Å². The van der Waals surface area contributed by atoms with Crippen LogP contribution in [0.2, 0.25) is 10.0 Å². The Hall–Kier alpha value is -1.19. The number of halogens is 2. The third-order valence-electron chi connectivity index (χ3n) is 4.65. The van der Waals surface area contributed by atoms with Crippen molar-refractivity contribution < 1.29 is 4.52 Å². The molecule has 0 atom stereocenters. The molecule has 3 rings (SSSR count). The summed E-state index contributed by atoms with van der Waals surface area (Å²) in [5, 5.41) is 5.05. The van der Waals surface area contributed by atoms with Crippen LogP contribution in [-0.4, -0.2) is 5.16 Å². The summed E-state index contributed by atoms with van der Waals surface area (Å²) in [5.74, 6) is 1.32. The molecule has 3 nitrogen and oxygen atoms in total. The average Bonchev–Trinajstić information content (AvgIpc) is 3.09. The van der Waals surface area contributed by atoms with E-state index in [0.29, 0.717) is 15.9 Å². The first kappa shape index (κ1) is 14.7. The van der Waals surface area contributed by atoms with Crippen molar-refractivity contribution in [3.63, 3.8) is 0 Å². The molecule has 0 aliphatic heterocycles. The Labute approximate surface area is 134 Å². The Morgan fingerprint density at radius 3 is 2.57 bits per heavy atom. The SMILES string of the molecule is CCC1(c2onc(N)c2-c2ccc(Cl)c(Cl)c2)CCCC1. The van der Waals surface area contributed by atoms with Gasteiger partial charge in [-0.05, 0) is 37.0 Å². The van der Waals surface area contributed by atoms with E-state index < -0.39 is 0 Å². The Morgan fingerprint density at radius 2 is 1.95 bits per heavy atom. The van der Waals surface area contributed by atoms with Crippen LogP contribution in [0.4, 0.5) is 5.82 Å². The van der Waals surface area contributed by atoms with Gasteiger partial charge in [-0.15, -0.1) is 0 Å². The van der Waals surface area contributed by atoms with Crippen molar-refractivity contribution in [2.24, 2.45) is 0 Å². The zero-order chi connectivity index (χ0) is 15.0. The fraction of sp³-hybridized carbons (Fsp3) is 0.438. The fourth-order valence-corrected chi connectivity index (χ4v) is 3.69. The second-order valence-corrected chi connectivity index (χ2v) is 6.56. The first-order valence-corrected chi connectivity index (χ1v) is 8.04. The summed E-state index contributed by atoms with van der Waals surface area (Å²) >= 11 is 12.1. The van der Waals surface area contributed by atoms with E-state index in [1.54, 1.807) is 6.07 Å². The van der Waals surface area contributed by atoms with Gasteiger partial charge in [-0.2, -0.15) is 0 Å². The molecule has 0 spiro atoms. The molecule has 5 heteroatoms. The quantitative estimate of drug-likeness (QED) is 0.816. The van der Waals surface area contributed by atoms with Crippen LogP contribution in [0.25, 0.3) is 11.1 Å². The van der Waals surface area contributed by atoms with Gasteiger partial charge >= 0.3 is 0 Å². The number of aromatic nitrogens is 1. The summed E-state index contributed by atoms with van der Waals surface area (Å²) in [6, 6.07) is 5.52. The van der Waals surface area contributed by atoms with Gasteiger partial charge in [-0.25, -0.2) is 0 Å². The van der Waals surface area contributed by atoms with E-state index in [4.69, 9.17) is 33.5 Å².